The molecule has 1 saturated carbocycles. The Morgan fingerprint density at radius 1 is 1.47 bits per heavy atom. The van der Waals surface area contributed by atoms with Gasteiger partial charge in [-0.3, -0.25) is 0 Å². The number of para-hydroxylation sites is 1. The molecule has 3 heteroatoms. The number of benzene rings is 1. The van der Waals surface area contributed by atoms with E-state index < -0.39 is 0 Å². The van der Waals surface area contributed by atoms with Crippen LogP contribution in [0.2, 0.25) is 0 Å². The van der Waals surface area contributed by atoms with Crippen molar-refractivity contribution in [1.29, 1.82) is 5.26 Å². The molecule has 1 fully saturated rings. The quantitative estimate of drug-likeness (QED) is 0.845. The molecule has 0 aromatic heterocycles. The second kappa shape index (κ2) is 4.77. The van der Waals surface area contributed by atoms with Crippen molar-refractivity contribution >= 4 is 0 Å². The third-order valence-corrected chi connectivity index (χ3v) is 3.32. The minimum atomic E-state index is 0.103. The molecule has 0 radical (unpaired) electrons. The summed E-state index contributed by atoms with van der Waals surface area (Å²) in [6, 6.07) is 10.5. The van der Waals surface area contributed by atoms with E-state index in [1.54, 1.807) is 0 Å². The van der Waals surface area contributed by atoms with Gasteiger partial charge in [-0.25, -0.2) is 0 Å². The van der Waals surface area contributed by atoms with Crippen molar-refractivity contribution in [2.24, 2.45) is 5.41 Å². The van der Waals surface area contributed by atoms with Crippen LogP contribution in [0.5, 0.6) is 5.75 Å². The number of nitriles is 1. The summed E-state index contributed by atoms with van der Waals surface area (Å²) < 4.78 is 5.39. The minimum Gasteiger partial charge on any atom is -0.478 e. The summed E-state index contributed by atoms with van der Waals surface area (Å²) in [6.45, 7) is 5.44. The molecule has 0 heterocycles. The highest BCUT2D eigenvalue weighted by Gasteiger charge is 2.45. The van der Waals surface area contributed by atoms with Crippen molar-refractivity contribution in [2.45, 2.75) is 32.9 Å². The second-order valence-electron chi connectivity index (χ2n) is 5.18. The first-order valence-electron chi connectivity index (χ1n) is 5.94. The summed E-state index contributed by atoms with van der Waals surface area (Å²) in [7, 11) is 0. The van der Waals surface area contributed by atoms with Crippen LogP contribution >= 0.6 is 0 Å². The Balaban J connectivity index is 1.93. The zero-order valence-electron chi connectivity index (χ0n) is 10.4. The Kier molecular flexibility index (Phi) is 3.35. The molecular weight excluding hydrogens is 212 g/mol. The maximum atomic E-state index is 8.52. The lowest BCUT2D eigenvalue weighted by molar-refractivity contribution is 0.362. The molecule has 1 aromatic carbocycles. The second-order valence-corrected chi connectivity index (χ2v) is 5.18. The van der Waals surface area contributed by atoms with Crippen LogP contribution in [0.4, 0.5) is 0 Å². The number of ether oxygens (including phenoxy) is 1. The highest BCUT2D eigenvalue weighted by Crippen LogP contribution is 2.44. The first kappa shape index (κ1) is 11.9. The summed E-state index contributed by atoms with van der Waals surface area (Å²) >= 11 is 0. The highest BCUT2D eigenvalue weighted by molar-refractivity contribution is 5.33. The number of nitrogens with one attached hydrogen (secondary N) is 1. The predicted molar refractivity (Wildman–Crippen MR) is 66.6 cm³/mol. The molecule has 0 amide bonds. The smallest absolute Gasteiger partial charge is 0.174 e. The number of rotatable bonds is 5. The first-order chi connectivity index (χ1) is 8.13. The molecule has 1 unspecified atom stereocenters. The fraction of sp³-hybridized carbons (Fsp3) is 0.500. The molecule has 2 rings (SSSR count). The first-order valence-corrected chi connectivity index (χ1v) is 5.94. The third-order valence-electron chi connectivity index (χ3n) is 3.32. The molecule has 0 bridgehead atoms. The van der Waals surface area contributed by atoms with E-state index in [9.17, 15) is 0 Å². The van der Waals surface area contributed by atoms with Crippen molar-refractivity contribution in [3.8, 4) is 11.8 Å². The highest BCUT2D eigenvalue weighted by atomic mass is 16.5. The average Bonchev–Trinajstić information content (AvgIpc) is 2.93. The molecular formula is C14H18N2O. The van der Waals surface area contributed by atoms with Gasteiger partial charge >= 0.3 is 0 Å². The molecule has 0 saturated heterocycles. The molecule has 1 N–H and O–H groups in total. The standard InChI is InChI=1S/C14H18N2O/c1-14(2)9-13(14)16-10-11-5-3-4-6-12(11)17-8-7-15/h3-6,13,16H,8-10H2,1-2H3. The maximum absolute atomic E-state index is 8.52. The summed E-state index contributed by atoms with van der Waals surface area (Å²) in [5.41, 5.74) is 1.55. The van der Waals surface area contributed by atoms with Gasteiger partial charge < -0.3 is 10.1 Å². The van der Waals surface area contributed by atoms with Crippen LogP contribution in [0.1, 0.15) is 25.8 Å². The SMILES string of the molecule is CC1(C)CC1NCc1ccccc1OCC#N. The van der Waals surface area contributed by atoms with Gasteiger partial charge in [-0.1, -0.05) is 32.0 Å². The van der Waals surface area contributed by atoms with Crippen molar-refractivity contribution in [3.05, 3.63) is 29.8 Å². The lowest BCUT2D eigenvalue weighted by Gasteiger charge is -2.11. The Labute approximate surface area is 102 Å². The molecule has 90 valence electrons. The lowest BCUT2D eigenvalue weighted by Crippen LogP contribution is -2.20. The van der Waals surface area contributed by atoms with E-state index in [0.717, 1.165) is 17.9 Å². The van der Waals surface area contributed by atoms with Crippen LogP contribution in [0.3, 0.4) is 0 Å². The van der Waals surface area contributed by atoms with E-state index in [4.69, 9.17) is 10.00 Å². The maximum Gasteiger partial charge on any atom is 0.174 e. The van der Waals surface area contributed by atoms with Crippen LogP contribution in [0.25, 0.3) is 0 Å². The predicted octanol–water partition coefficient (Wildman–Crippen LogP) is 2.48. The van der Waals surface area contributed by atoms with Gasteiger partial charge in [0.2, 0.25) is 0 Å². The molecule has 1 atom stereocenters. The fourth-order valence-corrected chi connectivity index (χ4v) is 1.95. The summed E-state index contributed by atoms with van der Waals surface area (Å²) in [6.07, 6.45) is 1.23. The van der Waals surface area contributed by atoms with Crippen molar-refractivity contribution < 1.29 is 4.74 Å². The zero-order chi connectivity index (χ0) is 12.3. The Hall–Kier alpha value is -1.53. The van der Waals surface area contributed by atoms with Crippen LogP contribution in [0, 0.1) is 16.7 Å². The molecule has 17 heavy (non-hydrogen) atoms. The van der Waals surface area contributed by atoms with Crippen LogP contribution in [-0.2, 0) is 6.54 Å². The molecule has 3 nitrogen and oxygen atoms in total. The van der Waals surface area contributed by atoms with Gasteiger partial charge in [0.05, 0.1) is 0 Å². The van der Waals surface area contributed by atoms with Gasteiger partial charge in [-0.2, -0.15) is 5.26 Å². The normalized spacial score (nSPS) is 20.6. The van der Waals surface area contributed by atoms with Gasteiger partial charge in [-0.05, 0) is 17.9 Å². The largest absolute Gasteiger partial charge is 0.478 e. The minimum absolute atomic E-state index is 0.103. The summed E-state index contributed by atoms with van der Waals surface area (Å²) in [5.74, 6) is 0.806. The van der Waals surface area contributed by atoms with E-state index in [2.05, 4.69) is 19.2 Å². The summed E-state index contributed by atoms with van der Waals surface area (Å²) in [5, 5.41) is 12.0. The van der Waals surface area contributed by atoms with E-state index in [1.807, 2.05) is 30.3 Å². The third kappa shape index (κ3) is 2.98. The number of hydrogen-bond acceptors (Lipinski definition) is 3. The summed E-state index contributed by atoms with van der Waals surface area (Å²) in [4.78, 5) is 0. The molecule has 1 aliphatic carbocycles. The molecule has 1 aromatic rings. The van der Waals surface area contributed by atoms with E-state index in [1.165, 1.54) is 6.42 Å². The lowest BCUT2D eigenvalue weighted by atomic mass is 10.1. The Morgan fingerprint density at radius 3 is 2.82 bits per heavy atom. The molecule has 1 aliphatic rings. The van der Waals surface area contributed by atoms with E-state index >= 15 is 0 Å². The van der Waals surface area contributed by atoms with E-state index in [0.29, 0.717) is 11.5 Å². The molecule has 0 aliphatic heterocycles. The number of hydrogen-bond donors (Lipinski definition) is 1. The average molecular weight is 230 g/mol. The van der Waals surface area contributed by atoms with Crippen molar-refractivity contribution in [3.63, 3.8) is 0 Å². The van der Waals surface area contributed by atoms with Gasteiger partial charge in [0, 0.05) is 18.2 Å². The van der Waals surface area contributed by atoms with Crippen LogP contribution in [-0.4, -0.2) is 12.6 Å². The molecule has 0 spiro atoms. The van der Waals surface area contributed by atoms with Gasteiger partial charge in [-0.15, -0.1) is 0 Å². The van der Waals surface area contributed by atoms with Crippen LogP contribution in [0.15, 0.2) is 24.3 Å². The Bertz CT molecular complexity index is 434. The zero-order valence-corrected chi connectivity index (χ0v) is 10.4. The van der Waals surface area contributed by atoms with Crippen LogP contribution < -0.4 is 10.1 Å². The van der Waals surface area contributed by atoms with Crippen molar-refractivity contribution in [1.82, 2.24) is 5.32 Å². The fourth-order valence-electron chi connectivity index (χ4n) is 1.95. The Morgan fingerprint density at radius 2 is 2.18 bits per heavy atom. The van der Waals surface area contributed by atoms with Gasteiger partial charge in [0.25, 0.3) is 0 Å². The topological polar surface area (TPSA) is 45.0 Å². The van der Waals surface area contributed by atoms with E-state index in [-0.39, 0.29) is 6.61 Å². The van der Waals surface area contributed by atoms with Gasteiger partial charge in [0.1, 0.15) is 11.8 Å². The monoisotopic (exact) mass is 230 g/mol. The van der Waals surface area contributed by atoms with Gasteiger partial charge in [0.15, 0.2) is 6.61 Å². The van der Waals surface area contributed by atoms with Crippen molar-refractivity contribution in [2.75, 3.05) is 6.61 Å². The number of nitrogens with zero attached hydrogens (tertiary/aromatic N) is 1.